The first-order valence-corrected chi connectivity index (χ1v) is 9.07. The lowest BCUT2D eigenvalue weighted by Gasteiger charge is -2.31. The van der Waals surface area contributed by atoms with E-state index in [1.165, 1.54) is 0 Å². The number of carbonyl (C=O) groups is 3. The SMILES string of the molecule is CN1CCN(CC(=O)Nc2cccc3c2C(=O)c2ccccc2C3=O)CC1. The molecule has 2 aromatic carbocycles. The first kappa shape index (κ1) is 17.6. The van der Waals surface area contributed by atoms with Crippen molar-refractivity contribution in [2.45, 2.75) is 0 Å². The minimum absolute atomic E-state index is 0.174. The maximum atomic E-state index is 13.0. The lowest BCUT2D eigenvalue weighted by atomic mass is 9.83. The molecule has 0 unspecified atom stereocenters. The molecule has 1 fully saturated rings. The highest BCUT2D eigenvalue weighted by Crippen LogP contribution is 2.31. The molecule has 6 heteroatoms. The number of ketones is 2. The van der Waals surface area contributed by atoms with Crippen LogP contribution in [0.3, 0.4) is 0 Å². The van der Waals surface area contributed by atoms with Crippen LogP contribution in [0.25, 0.3) is 0 Å². The minimum Gasteiger partial charge on any atom is -0.324 e. The van der Waals surface area contributed by atoms with Crippen LogP contribution in [-0.4, -0.2) is 67.0 Å². The molecule has 0 saturated carbocycles. The summed E-state index contributed by atoms with van der Waals surface area (Å²) < 4.78 is 0. The third-order valence-electron chi connectivity index (χ3n) is 5.19. The molecule has 0 bridgehead atoms. The number of likely N-dealkylation sites (N-methyl/N-ethyl adjacent to an activating group) is 1. The fraction of sp³-hybridized carbons (Fsp3) is 0.286. The maximum absolute atomic E-state index is 13.0. The van der Waals surface area contributed by atoms with Gasteiger partial charge in [-0.2, -0.15) is 0 Å². The molecule has 6 nitrogen and oxygen atoms in total. The molecule has 1 heterocycles. The Morgan fingerprint density at radius 2 is 1.52 bits per heavy atom. The summed E-state index contributed by atoms with van der Waals surface area (Å²) in [6.07, 6.45) is 0. The molecule has 1 amide bonds. The zero-order chi connectivity index (χ0) is 19.0. The van der Waals surface area contributed by atoms with Gasteiger partial charge in [0.1, 0.15) is 0 Å². The van der Waals surface area contributed by atoms with Crippen LogP contribution in [0.5, 0.6) is 0 Å². The fourth-order valence-electron chi connectivity index (χ4n) is 3.65. The molecule has 27 heavy (non-hydrogen) atoms. The predicted octanol–water partition coefficient (Wildman–Crippen LogP) is 1.65. The van der Waals surface area contributed by atoms with Gasteiger partial charge in [0.25, 0.3) is 0 Å². The Bertz CT molecular complexity index is 930. The highest BCUT2D eigenvalue weighted by atomic mass is 16.2. The second-order valence-corrected chi connectivity index (χ2v) is 7.06. The number of nitrogens with zero attached hydrogens (tertiary/aromatic N) is 2. The Kier molecular flexibility index (Phi) is 4.59. The third-order valence-corrected chi connectivity index (χ3v) is 5.19. The quantitative estimate of drug-likeness (QED) is 0.766. The van der Waals surface area contributed by atoms with E-state index in [-0.39, 0.29) is 29.6 Å². The van der Waals surface area contributed by atoms with Gasteiger partial charge in [0.05, 0.1) is 17.8 Å². The molecule has 2 aromatic rings. The summed E-state index contributed by atoms with van der Waals surface area (Å²) in [5.41, 5.74) is 1.83. The molecule has 1 aliphatic carbocycles. The van der Waals surface area contributed by atoms with Crippen LogP contribution in [0.2, 0.25) is 0 Å². The first-order chi connectivity index (χ1) is 13.0. The van der Waals surface area contributed by atoms with Gasteiger partial charge < -0.3 is 10.2 Å². The second-order valence-electron chi connectivity index (χ2n) is 7.06. The van der Waals surface area contributed by atoms with Gasteiger partial charge in [0.15, 0.2) is 11.6 Å². The van der Waals surface area contributed by atoms with Crippen molar-refractivity contribution in [3.63, 3.8) is 0 Å². The van der Waals surface area contributed by atoms with Gasteiger partial charge in [-0.1, -0.05) is 36.4 Å². The minimum atomic E-state index is -0.226. The molecule has 0 radical (unpaired) electrons. The molecule has 1 saturated heterocycles. The summed E-state index contributed by atoms with van der Waals surface area (Å²) in [7, 11) is 2.06. The van der Waals surface area contributed by atoms with Crippen molar-refractivity contribution in [2.24, 2.45) is 0 Å². The van der Waals surface area contributed by atoms with Crippen molar-refractivity contribution >= 4 is 23.2 Å². The van der Waals surface area contributed by atoms with E-state index in [9.17, 15) is 14.4 Å². The average molecular weight is 363 g/mol. The van der Waals surface area contributed by atoms with Crippen LogP contribution >= 0.6 is 0 Å². The van der Waals surface area contributed by atoms with E-state index in [2.05, 4.69) is 22.2 Å². The van der Waals surface area contributed by atoms with E-state index in [1.807, 2.05) is 0 Å². The van der Waals surface area contributed by atoms with Crippen LogP contribution in [-0.2, 0) is 4.79 Å². The Morgan fingerprint density at radius 3 is 2.22 bits per heavy atom. The summed E-state index contributed by atoms with van der Waals surface area (Å²) in [6.45, 7) is 3.80. The topological polar surface area (TPSA) is 69.7 Å². The van der Waals surface area contributed by atoms with E-state index in [1.54, 1.807) is 42.5 Å². The summed E-state index contributed by atoms with van der Waals surface area (Å²) >= 11 is 0. The molecule has 2 aliphatic rings. The molecule has 1 N–H and O–H groups in total. The normalized spacial score (nSPS) is 17.4. The van der Waals surface area contributed by atoms with Crippen molar-refractivity contribution in [1.29, 1.82) is 0 Å². The number of piperazine rings is 1. The summed E-state index contributed by atoms with van der Waals surface area (Å²) in [5.74, 6) is -0.585. The van der Waals surface area contributed by atoms with Crippen molar-refractivity contribution in [3.8, 4) is 0 Å². The maximum Gasteiger partial charge on any atom is 0.238 e. The van der Waals surface area contributed by atoms with Gasteiger partial charge >= 0.3 is 0 Å². The fourth-order valence-corrected chi connectivity index (χ4v) is 3.65. The van der Waals surface area contributed by atoms with Gasteiger partial charge in [0, 0.05) is 42.9 Å². The van der Waals surface area contributed by atoms with Gasteiger partial charge in [-0.05, 0) is 13.1 Å². The number of fused-ring (bicyclic) bond motifs is 2. The molecular weight excluding hydrogens is 342 g/mol. The van der Waals surface area contributed by atoms with Crippen LogP contribution < -0.4 is 5.32 Å². The number of hydrogen-bond donors (Lipinski definition) is 1. The molecule has 0 atom stereocenters. The van der Waals surface area contributed by atoms with Crippen LogP contribution in [0, 0.1) is 0 Å². The summed E-state index contributed by atoms with van der Waals surface area (Å²) in [4.78, 5) is 42.6. The lowest BCUT2D eigenvalue weighted by molar-refractivity contribution is -0.117. The number of anilines is 1. The number of hydrogen-bond acceptors (Lipinski definition) is 5. The van der Waals surface area contributed by atoms with E-state index >= 15 is 0 Å². The zero-order valence-electron chi connectivity index (χ0n) is 15.2. The van der Waals surface area contributed by atoms with Crippen molar-refractivity contribution in [1.82, 2.24) is 9.80 Å². The molecular formula is C21H21N3O3. The second kappa shape index (κ2) is 7.06. The summed E-state index contributed by atoms with van der Waals surface area (Å²) in [6, 6.07) is 11.8. The average Bonchev–Trinajstić information content (AvgIpc) is 2.68. The lowest BCUT2D eigenvalue weighted by Crippen LogP contribution is -2.47. The number of nitrogens with one attached hydrogen (secondary N) is 1. The number of carbonyl (C=O) groups excluding carboxylic acids is 3. The standard InChI is InChI=1S/C21H21N3O3/c1-23-9-11-24(12-10-23)13-18(25)22-17-8-4-7-16-19(17)21(27)15-6-3-2-5-14(15)20(16)26/h2-8H,9-13H2,1H3,(H,22,25). The molecule has 4 rings (SSSR count). The Balaban J connectivity index is 1.58. The van der Waals surface area contributed by atoms with E-state index in [0.29, 0.717) is 22.4 Å². The molecule has 138 valence electrons. The van der Waals surface area contributed by atoms with Crippen LogP contribution in [0.4, 0.5) is 5.69 Å². The highest BCUT2D eigenvalue weighted by molar-refractivity contribution is 6.30. The summed E-state index contributed by atoms with van der Waals surface area (Å²) in [5, 5.41) is 2.84. The van der Waals surface area contributed by atoms with Crippen LogP contribution in [0.15, 0.2) is 42.5 Å². The number of rotatable bonds is 3. The molecule has 0 aromatic heterocycles. The Morgan fingerprint density at radius 1 is 0.889 bits per heavy atom. The predicted molar refractivity (Wildman–Crippen MR) is 102 cm³/mol. The Hall–Kier alpha value is -2.83. The highest BCUT2D eigenvalue weighted by Gasteiger charge is 2.31. The largest absolute Gasteiger partial charge is 0.324 e. The molecule has 1 aliphatic heterocycles. The number of amides is 1. The third kappa shape index (κ3) is 3.29. The number of benzene rings is 2. The zero-order valence-corrected chi connectivity index (χ0v) is 15.2. The smallest absolute Gasteiger partial charge is 0.238 e. The van der Waals surface area contributed by atoms with Crippen molar-refractivity contribution < 1.29 is 14.4 Å². The Labute approximate surface area is 157 Å². The van der Waals surface area contributed by atoms with Gasteiger partial charge in [-0.25, -0.2) is 0 Å². The van der Waals surface area contributed by atoms with Gasteiger partial charge in [0.2, 0.25) is 5.91 Å². The molecule has 0 spiro atoms. The monoisotopic (exact) mass is 363 g/mol. The van der Waals surface area contributed by atoms with Gasteiger partial charge in [-0.3, -0.25) is 19.3 Å². The van der Waals surface area contributed by atoms with E-state index in [4.69, 9.17) is 0 Å². The van der Waals surface area contributed by atoms with E-state index in [0.717, 1.165) is 26.2 Å². The first-order valence-electron chi connectivity index (χ1n) is 9.07. The van der Waals surface area contributed by atoms with Gasteiger partial charge in [-0.15, -0.1) is 0 Å². The van der Waals surface area contributed by atoms with Crippen molar-refractivity contribution in [2.75, 3.05) is 45.1 Å². The van der Waals surface area contributed by atoms with Crippen molar-refractivity contribution in [3.05, 3.63) is 64.7 Å². The van der Waals surface area contributed by atoms with Crippen LogP contribution in [0.1, 0.15) is 31.8 Å². The van der Waals surface area contributed by atoms with E-state index < -0.39 is 0 Å².